The molecule has 0 fully saturated rings. The minimum atomic E-state index is -0.818. The molecule has 0 atom stereocenters. The second kappa shape index (κ2) is 7.21. The number of alkyl halides is 2. The van der Waals surface area contributed by atoms with Crippen molar-refractivity contribution < 1.29 is 8.78 Å². The van der Waals surface area contributed by atoms with Crippen molar-refractivity contribution in [2.75, 3.05) is 10.7 Å². The van der Waals surface area contributed by atoms with Crippen molar-refractivity contribution in [3.63, 3.8) is 0 Å². The van der Waals surface area contributed by atoms with Crippen LogP contribution in [-0.2, 0) is 11.8 Å². The molecule has 0 N–H and O–H groups in total. The summed E-state index contributed by atoms with van der Waals surface area (Å²) >= 11 is 12.9. The Balaban J connectivity index is 2.43. The highest BCUT2D eigenvalue weighted by molar-refractivity contribution is 9.09. The van der Waals surface area contributed by atoms with E-state index >= 15 is 0 Å². The lowest BCUT2D eigenvalue weighted by Crippen LogP contribution is -2.33. The van der Waals surface area contributed by atoms with E-state index in [2.05, 4.69) is 31.9 Å². The SMILES string of the molecule is Fc1cccc(CC(CBr)(CBr)c2ccc(Cl)cc2)c1F. The lowest BCUT2D eigenvalue weighted by molar-refractivity contribution is 0.476. The van der Waals surface area contributed by atoms with Gasteiger partial charge >= 0.3 is 0 Å². The van der Waals surface area contributed by atoms with Crippen LogP contribution in [0.4, 0.5) is 8.78 Å². The summed E-state index contributed by atoms with van der Waals surface area (Å²) in [6.07, 6.45) is 0.384. The number of hydrogen-bond acceptors (Lipinski definition) is 0. The summed E-state index contributed by atoms with van der Waals surface area (Å²) in [4.78, 5) is 0. The fourth-order valence-electron chi connectivity index (χ4n) is 2.24. The Morgan fingerprint density at radius 2 is 1.57 bits per heavy atom. The number of rotatable bonds is 5. The van der Waals surface area contributed by atoms with Gasteiger partial charge in [-0.05, 0) is 35.7 Å². The van der Waals surface area contributed by atoms with Gasteiger partial charge in [-0.15, -0.1) is 0 Å². The third-order valence-electron chi connectivity index (χ3n) is 3.53. The fraction of sp³-hybridized carbons (Fsp3) is 0.250. The molecular weight excluding hydrogens is 425 g/mol. The Kier molecular flexibility index (Phi) is 5.81. The molecule has 0 saturated heterocycles. The molecule has 0 radical (unpaired) electrons. The van der Waals surface area contributed by atoms with Gasteiger partial charge in [-0.1, -0.05) is 67.7 Å². The summed E-state index contributed by atoms with van der Waals surface area (Å²) in [5, 5.41) is 1.87. The van der Waals surface area contributed by atoms with Crippen LogP contribution in [-0.4, -0.2) is 10.7 Å². The molecule has 2 aromatic rings. The van der Waals surface area contributed by atoms with Crippen molar-refractivity contribution in [3.8, 4) is 0 Å². The highest BCUT2D eigenvalue weighted by Gasteiger charge is 2.31. The summed E-state index contributed by atoms with van der Waals surface area (Å²) in [7, 11) is 0. The van der Waals surface area contributed by atoms with Gasteiger partial charge in [-0.3, -0.25) is 0 Å². The van der Waals surface area contributed by atoms with Crippen LogP contribution in [0.15, 0.2) is 42.5 Å². The average molecular weight is 439 g/mol. The van der Waals surface area contributed by atoms with E-state index in [-0.39, 0.29) is 5.41 Å². The molecule has 0 saturated carbocycles. The van der Waals surface area contributed by atoms with Crippen LogP contribution in [0.3, 0.4) is 0 Å². The molecular formula is C16H13Br2ClF2. The molecule has 2 rings (SSSR count). The maximum absolute atomic E-state index is 14.0. The van der Waals surface area contributed by atoms with Gasteiger partial charge in [-0.25, -0.2) is 8.78 Å². The Hall–Kier alpha value is -0.450. The standard InChI is InChI=1S/C16H13Br2ClF2/c17-9-16(10-18,12-4-6-13(19)7-5-12)8-11-2-1-3-14(20)15(11)21/h1-7H,8-10H2. The van der Waals surface area contributed by atoms with Crippen molar-refractivity contribution in [1.82, 2.24) is 0 Å². The van der Waals surface area contributed by atoms with Crippen molar-refractivity contribution in [2.45, 2.75) is 11.8 Å². The van der Waals surface area contributed by atoms with E-state index in [0.29, 0.717) is 27.7 Å². The molecule has 0 bridgehead atoms. The number of hydrogen-bond donors (Lipinski definition) is 0. The largest absolute Gasteiger partial charge is 0.204 e. The van der Waals surface area contributed by atoms with Gasteiger partial charge in [0.25, 0.3) is 0 Å². The van der Waals surface area contributed by atoms with Gasteiger partial charge < -0.3 is 0 Å². The third kappa shape index (κ3) is 3.66. The monoisotopic (exact) mass is 436 g/mol. The van der Waals surface area contributed by atoms with Crippen molar-refractivity contribution in [3.05, 3.63) is 70.2 Å². The minimum Gasteiger partial charge on any atom is -0.204 e. The Bertz CT molecular complexity index is 610. The Morgan fingerprint density at radius 1 is 0.952 bits per heavy atom. The van der Waals surface area contributed by atoms with Gasteiger partial charge in [0, 0.05) is 21.1 Å². The molecule has 0 heterocycles. The van der Waals surface area contributed by atoms with Crippen LogP contribution in [0.1, 0.15) is 11.1 Å². The quantitative estimate of drug-likeness (QED) is 0.511. The molecule has 2 aromatic carbocycles. The van der Waals surface area contributed by atoms with Crippen LogP contribution < -0.4 is 0 Å². The van der Waals surface area contributed by atoms with E-state index in [1.165, 1.54) is 6.07 Å². The second-order valence-corrected chi connectivity index (χ2v) is 6.50. The van der Waals surface area contributed by atoms with Crippen LogP contribution >= 0.6 is 43.5 Å². The molecule has 0 unspecified atom stereocenters. The topological polar surface area (TPSA) is 0 Å². The van der Waals surface area contributed by atoms with Crippen LogP contribution in [0.2, 0.25) is 5.02 Å². The van der Waals surface area contributed by atoms with E-state index in [9.17, 15) is 8.78 Å². The molecule has 112 valence electrons. The smallest absolute Gasteiger partial charge is 0.162 e. The molecule has 21 heavy (non-hydrogen) atoms. The van der Waals surface area contributed by atoms with Gasteiger partial charge in [0.1, 0.15) is 0 Å². The highest BCUT2D eigenvalue weighted by Crippen LogP contribution is 2.34. The average Bonchev–Trinajstić information content (AvgIpc) is 2.50. The summed E-state index contributed by atoms with van der Waals surface area (Å²) < 4.78 is 27.4. The maximum Gasteiger partial charge on any atom is 0.162 e. The predicted molar refractivity (Wildman–Crippen MR) is 90.8 cm³/mol. The van der Waals surface area contributed by atoms with E-state index < -0.39 is 11.6 Å². The van der Waals surface area contributed by atoms with Crippen molar-refractivity contribution in [2.24, 2.45) is 0 Å². The first-order valence-electron chi connectivity index (χ1n) is 6.33. The molecule has 0 amide bonds. The zero-order valence-corrected chi connectivity index (χ0v) is 15.0. The highest BCUT2D eigenvalue weighted by atomic mass is 79.9. The first-order chi connectivity index (χ1) is 10.0. The minimum absolute atomic E-state index is 0.365. The molecule has 0 aromatic heterocycles. The number of benzene rings is 2. The van der Waals surface area contributed by atoms with E-state index in [0.717, 1.165) is 11.6 Å². The van der Waals surface area contributed by atoms with Gasteiger partial charge in [0.2, 0.25) is 0 Å². The van der Waals surface area contributed by atoms with Gasteiger partial charge in [-0.2, -0.15) is 0 Å². The number of halogens is 5. The lowest BCUT2D eigenvalue weighted by Gasteiger charge is -2.31. The van der Waals surface area contributed by atoms with E-state index in [1.54, 1.807) is 18.2 Å². The third-order valence-corrected chi connectivity index (χ3v) is 5.93. The van der Waals surface area contributed by atoms with Crippen molar-refractivity contribution >= 4 is 43.5 Å². The summed E-state index contributed by atoms with van der Waals surface area (Å²) in [5.41, 5.74) is 1.01. The summed E-state index contributed by atoms with van der Waals surface area (Å²) in [6.45, 7) is 0. The Morgan fingerprint density at radius 3 is 2.14 bits per heavy atom. The predicted octanol–water partition coefficient (Wildman–Crippen LogP) is 5.89. The van der Waals surface area contributed by atoms with Crippen LogP contribution in [0.25, 0.3) is 0 Å². The first kappa shape index (κ1) is 16.9. The Labute approximate surface area is 144 Å². The van der Waals surface area contributed by atoms with E-state index in [1.807, 2.05) is 12.1 Å². The second-order valence-electron chi connectivity index (χ2n) is 4.94. The normalized spacial score (nSPS) is 11.7. The molecule has 5 heteroatoms. The summed E-state index contributed by atoms with van der Waals surface area (Å²) in [6, 6.07) is 11.7. The molecule has 0 spiro atoms. The zero-order valence-electron chi connectivity index (χ0n) is 11.1. The van der Waals surface area contributed by atoms with Crippen LogP contribution in [0.5, 0.6) is 0 Å². The first-order valence-corrected chi connectivity index (χ1v) is 8.95. The van der Waals surface area contributed by atoms with Crippen molar-refractivity contribution in [1.29, 1.82) is 0 Å². The molecule has 0 nitrogen and oxygen atoms in total. The zero-order chi connectivity index (χ0) is 15.5. The molecule has 0 aliphatic heterocycles. The molecule has 0 aliphatic rings. The maximum atomic E-state index is 14.0. The van der Waals surface area contributed by atoms with Gasteiger partial charge in [0.15, 0.2) is 11.6 Å². The summed E-state index contributed by atoms with van der Waals surface area (Å²) in [5.74, 6) is -1.60. The molecule has 0 aliphatic carbocycles. The van der Waals surface area contributed by atoms with Crippen LogP contribution in [0, 0.1) is 11.6 Å². The van der Waals surface area contributed by atoms with Gasteiger partial charge in [0.05, 0.1) is 0 Å². The van der Waals surface area contributed by atoms with E-state index in [4.69, 9.17) is 11.6 Å². The lowest BCUT2D eigenvalue weighted by atomic mass is 9.79. The fourth-order valence-corrected chi connectivity index (χ4v) is 4.34.